The third kappa shape index (κ3) is 17.1. The van der Waals surface area contributed by atoms with Gasteiger partial charge in [-0.1, -0.05) is 32.2 Å². The number of ether oxygens (including phenoxy) is 2. The van der Waals surface area contributed by atoms with Gasteiger partial charge in [-0.2, -0.15) is 12.3 Å². The molecule has 0 radical (unpaired) electrons. The Bertz CT molecular complexity index is 2810. The summed E-state index contributed by atoms with van der Waals surface area (Å²) in [6.45, 7) is 10.5. The minimum Gasteiger partial charge on any atom is -0.680 e. The van der Waals surface area contributed by atoms with E-state index in [0.717, 1.165) is 11.6 Å². The van der Waals surface area contributed by atoms with Crippen LogP contribution < -0.4 is 30.7 Å². The number of nitrogens with one attached hydrogen (secondary N) is 5. The molecule has 17 nitrogen and oxygen atoms in total. The van der Waals surface area contributed by atoms with Gasteiger partial charge in [-0.3, -0.25) is 19.2 Å². The number of aryl methyl sites for hydroxylation is 1. The van der Waals surface area contributed by atoms with E-state index in [-0.39, 0.29) is 113 Å². The summed E-state index contributed by atoms with van der Waals surface area (Å²) in [5, 5.41) is 37.2. The number of amides is 4. The molecule has 0 spiro atoms. The number of halogens is 1. The summed E-state index contributed by atoms with van der Waals surface area (Å²) < 4.78 is 29.2. The number of aromatic nitrogens is 2. The van der Waals surface area contributed by atoms with Gasteiger partial charge in [-0.15, -0.1) is 0 Å². The van der Waals surface area contributed by atoms with Gasteiger partial charge in [0.05, 0.1) is 45.6 Å². The predicted molar refractivity (Wildman–Crippen MR) is 264 cm³/mol. The monoisotopic (exact) mass is 1230 g/mol. The van der Waals surface area contributed by atoms with Gasteiger partial charge in [0.25, 0.3) is 17.7 Å². The van der Waals surface area contributed by atoms with E-state index >= 15 is 4.39 Å². The zero-order valence-corrected chi connectivity index (χ0v) is 43.4. The van der Waals surface area contributed by atoms with Gasteiger partial charge in [0, 0.05) is 83.6 Å². The minimum absolute atomic E-state index is 0. The second kappa shape index (κ2) is 29.9. The van der Waals surface area contributed by atoms with Crippen LogP contribution in [-0.2, 0) is 58.1 Å². The Hall–Kier alpha value is -7.05. The van der Waals surface area contributed by atoms with Crippen LogP contribution in [0.2, 0.25) is 0 Å². The number of phenolic OH excluding ortho intramolecular Hbond substituents is 1. The molecule has 4 amide bonds. The minimum atomic E-state index is -1.32. The molecule has 6 rings (SSSR count). The Labute approximate surface area is 439 Å². The van der Waals surface area contributed by atoms with Crippen LogP contribution in [0.3, 0.4) is 0 Å². The van der Waals surface area contributed by atoms with E-state index in [0.29, 0.717) is 34.4 Å². The fourth-order valence-corrected chi connectivity index (χ4v) is 6.27. The average Bonchev–Trinajstić information content (AvgIpc) is 3.64. The zero-order valence-electron chi connectivity index (χ0n) is 38.9. The van der Waals surface area contributed by atoms with Crippen LogP contribution in [0, 0.1) is 17.1 Å². The summed E-state index contributed by atoms with van der Waals surface area (Å²) in [4.78, 5) is 69.8. The number of nitriles is 1. The molecule has 0 aliphatic heterocycles. The Morgan fingerprint density at radius 3 is 2.01 bits per heavy atom. The number of carbonyl (C=O) groups excluding carboxylic acids is 5. The Morgan fingerprint density at radius 2 is 1.45 bits per heavy atom. The predicted octanol–water partition coefficient (Wildman–Crippen LogP) is 8.83. The van der Waals surface area contributed by atoms with Gasteiger partial charge in [0.2, 0.25) is 5.91 Å². The number of aliphatic hydroxyl groups is 1. The van der Waals surface area contributed by atoms with Crippen LogP contribution >= 0.6 is 0 Å². The molecule has 378 valence electrons. The topological polar surface area (TPSA) is 258 Å². The van der Waals surface area contributed by atoms with Gasteiger partial charge in [-0.05, 0) is 113 Å². The number of hydrogen-bond acceptors (Lipinski definition) is 11. The molecule has 71 heavy (non-hydrogen) atoms. The molecule has 0 fully saturated rings. The fourth-order valence-electron chi connectivity index (χ4n) is 6.27. The van der Waals surface area contributed by atoms with Crippen LogP contribution in [0.15, 0.2) is 110 Å². The molecule has 1 heterocycles. The van der Waals surface area contributed by atoms with Crippen LogP contribution in [0.25, 0.3) is 28.2 Å². The molecule has 1 atom stereocenters. The summed E-state index contributed by atoms with van der Waals surface area (Å²) in [7, 11) is 3.06. The standard InChI is InChI=1S/C46H40FN7O8.C3H8O.CH4N.CH4.Pd.W/c1-5-22-61-40-33(44(58)49-30-11-14-32(56)15-12-30)16-17-34(41(40)62-26(2)3)45(59)52-36-19-13-31(24-35(36)47)50-46(60)38(20-21-55)53-43(57)29-9-7-28(8-10-29)42-51-37-18-6-27(25-48)23-39(37)54(42)4;1-3(2)4;1-2;;;/h5-19,21,23-24,26,38,56H,1,20,22H2,2-4H3,(H,49,58)(H,50,60)(H,52,59)(H,53,57);3-4H,1-2H3;2H,1H3;1H4;;/q;;-1;;;. The number of aldehydes is 1. The molecule has 6 aromatic rings. The van der Waals surface area contributed by atoms with E-state index in [1.165, 1.54) is 61.7 Å². The number of rotatable bonds is 16. The summed E-state index contributed by atoms with van der Waals surface area (Å²) in [5.74, 6) is -3.32. The number of aromatic hydroxyl groups is 1. The van der Waals surface area contributed by atoms with E-state index in [1.54, 1.807) is 70.2 Å². The SMILES string of the molecule is C.C=CCOc1c(C(=O)Nc2ccc(O)cc2)ccc(C(=O)Nc2ccc(NC(=O)C(CC=O)NC(=O)c3ccc(-c4nc5ccc(C#N)cc5n4C)cc3)cc2F)c1OC(C)C.CC(C)O.C[NH-].[Pd].[W]. The largest absolute Gasteiger partial charge is 0.680 e. The quantitative estimate of drug-likeness (QED) is 0.0231. The van der Waals surface area contributed by atoms with Crippen molar-refractivity contribution in [1.82, 2.24) is 14.9 Å². The molecule has 0 saturated heterocycles. The maximum absolute atomic E-state index is 15.5. The van der Waals surface area contributed by atoms with Gasteiger partial charge < -0.3 is 56.0 Å². The molecule has 5 aromatic carbocycles. The number of phenols is 1. The molecule has 0 aliphatic rings. The maximum atomic E-state index is 15.5. The van der Waals surface area contributed by atoms with Crippen molar-refractivity contribution in [1.29, 1.82) is 5.26 Å². The average molecular weight is 1230 g/mol. The van der Waals surface area contributed by atoms with Crippen LogP contribution in [0.1, 0.15) is 78.2 Å². The molecule has 20 heteroatoms. The van der Waals surface area contributed by atoms with Gasteiger partial charge in [-0.25, -0.2) is 9.37 Å². The van der Waals surface area contributed by atoms with Crippen molar-refractivity contribution in [3.8, 4) is 34.7 Å². The van der Waals surface area contributed by atoms with Crippen molar-refractivity contribution < 1.29 is 89.5 Å². The van der Waals surface area contributed by atoms with Gasteiger partial charge >= 0.3 is 0 Å². The number of imidazole rings is 1. The number of anilines is 3. The van der Waals surface area contributed by atoms with E-state index < -0.39 is 41.6 Å². The normalized spacial score (nSPS) is 10.4. The number of aliphatic hydroxyl groups excluding tert-OH is 1. The molecular weight excluding hydrogens is 1180 g/mol. The molecule has 1 unspecified atom stereocenters. The van der Waals surface area contributed by atoms with Crippen molar-refractivity contribution in [2.75, 3.05) is 29.6 Å². The molecule has 0 saturated carbocycles. The van der Waals surface area contributed by atoms with Gasteiger partial charge in [0.15, 0.2) is 11.5 Å². The molecular formula is C51H56FN8O9PdW-. The Morgan fingerprint density at radius 1 is 0.859 bits per heavy atom. The Kier molecular flexibility index (Phi) is 26.1. The summed E-state index contributed by atoms with van der Waals surface area (Å²) >= 11 is 0. The third-order valence-electron chi connectivity index (χ3n) is 9.28. The van der Waals surface area contributed by atoms with Crippen LogP contribution in [-0.4, -0.2) is 81.6 Å². The zero-order chi connectivity index (χ0) is 50.1. The second-order valence-corrected chi connectivity index (χ2v) is 15.1. The first kappa shape index (κ1) is 62.0. The van der Waals surface area contributed by atoms with E-state index in [2.05, 4.69) is 38.9 Å². The molecule has 7 N–H and O–H groups in total. The molecule has 1 aromatic heterocycles. The molecule has 0 aliphatic carbocycles. The van der Waals surface area contributed by atoms with Crippen LogP contribution in [0.5, 0.6) is 17.2 Å². The number of nitrogens with zero attached hydrogens (tertiary/aromatic N) is 3. The summed E-state index contributed by atoms with van der Waals surface area (Å²) in [6, 6.07) is 24.4. The third-order valence-corrected chi connectivity index (χ3v) is 9.28. The van der Waals surface area contributed by atoms with Crippen molar-refractivity contribution >= 4 is 58.0 Å². The maximum Gasteiger partial charge on any atom is 0.259 e. The van der Waals surface area contributed by atoms with Crippen molar-refractivity contribution in [3.63, 3.8) is 0 Å². The van der Waals surface area contributed by atoms with Crippen LogP contribution in [0.4, 0.5) is 21.5 Å². The number of fused-ring (bicyclic) bond motifs is 1. The smallest absolute Gasteiger partial charge is 0.259 e. The first-order chi connectivity index (χ1) is 32.5. The summed E-state index contributed by atoms with van der Waals surface area (Å²) in [6.07, 6.45) is 0.871. The number of benzene rings is 5. The summed E-state index contributed by atoms with van der Waals surface area (Å²) in [5.41, 5.74) is 8.61. The van der Waals surface area contributed by atoms with Crippen molar-refractivity contribution in [2.24, 2.45) is 7.05 Å². The van der Waals surface area contributed by atoms with E-state index in [1.807, 2.05) is 11.6 Å². The van der Waals surface area contributed by atoms with Gasteiger partial charge in [0.1, 0.15) is 36.3 Å². The fraction of sp³-hybridized carbons (Fsp3) is 0.235. The van der Waals surface area contributed by atoms with E-state index in [9.17, 15) is 34.3 Å². The second-order valence-electron chi connectivity index (χ2n) is 15.1. The van der Waals surface area contributed by atoms with Crippen molar-refractivity contribution in [3.05, 3.63) is 144 Å². The first-order valence-electron chi connectivity index (χ1n) is 21.0. The molecule has 0 bridgehead atoms. The van der Waals surface area contributed by atoms with E-state index in [4.69, 9.17) is 20.3 Å². The number of carbonyl (C=O) groups is 5. The first-order valence-corrected chi connectivity index (χ1v) is 21.0. The number of hydrogen-bond donors (Lipinski definition) is 6. The van der Waals surface area contributed by atoms with Crippen molar-refractivity contribution in [2.45, 2.75) is 59.8 Å². The Balaban J connectivity index is 0.00000266.